The number of aromatic nitrogens is 2. The van der Waals surface area contributed by atoms with Crippen LogP contribution in [0.15, 0.2) is 65.8 Å². The Labute approximate surface area is 149 Å². The molecule has 3 aromatic rings. The van der Waals surface area contributed by atoms with Gasteiger partial charge < -0.3 is 15.8 Å². The molecule has 0 aliphatic heterocycles. The fraction of sp³-hybridized carbons (Fsp3) is 0.0556. The van der Waals surface area contributed by atoms with Crippen molar-refractivity contribution in [2.45, 2.75) is 6.61 Å². The van der Waals surface area contributed by atoms with Crippen LogP contribution in [-0.4, -0.2) is 15.9 Å². The highest BCUT2D eigenvalue weighted by atomic mass is 16.5. The standard InChI is InChI=1S/C18H15N5O3/c19-18-21-15(20-16(24)13-9-5-2-6-10-13)14(23-25)17(22-18)26-11-12-7-3-1-4-8-12/h1-10H,11H2,(H3,19,20,21,22,24). The van der Waals surface area contributed by atoms with Crippen LogP contribution in [0.3, 0.4) is 0 Å². The molecule has 0 saturated carbocycles. The van der Waals surface area contributed by atoms with Gasteiger partial charge in [-0.1, -0.05) is 48.5 Å². The van der Waals surface area contributed by atoms with Crippen molar-refractivity contribution in [2.24, 2.45) is 5.18 Å². The summed E-state index contributed by atoms with van der Waals surface area (Å²) in [5.41, 5.74) is 6.71. The van der Waals surface area contributed by atoms with Crippen LogP contribution in [0.25, 0.3) is 0 Å². The van der Waals surface area contributed by atoms with Crippen molar-refractivity contribution < 1.29 is 9.53 Å². The number of hydrogen-bond acceptors (Lipinski definition) is 7. The van der Waals surface area contributed by atoms with Crippen LogP contribution in [0.2, 0.25) is 0 Å². The van der Waals surface area contributed by atoms with Crippen LogP contribution >= 0.6 is 0 Å². The van der Waals surface area contributed by atoms with Crippen LogP contribution < -0.4 is 15.8 Å². The van der Waals surface area contributed by atoms with Gasteiger partial charge in [-0.15, -0.1) is 4.91 Å². The maximum Gasteiger partial charge on any atom is 0.256 e. The molecule has 0 aliphatic rings. The zero-order valence-corrected chi connectivity index (χ0v) is 13.6. The molecule has 1 heterocycles. The third kappa shape index (κ3) is 3.99. The van der Waals surface area contributed by atoms with Crippen LogP contribution in [0.4, 0.5) is 17.5 Å². The van der Waals surface area contributed by atoms with Crippen molar-refractivity contribution in [1.82, 2.24) is 9.97 Å². The van der Waals surface area contributed by atoms with Gasteiger partial charge in [-0.25, -0.2) is 0 Å². The fourth-order valence-electron chi connectivity index (χ4n) is 2.22. The minimum absolute atomic E-state index is 0.0975. The van der Waals surface area contributed by atoms with Crippen LogP contribution in [0, 0.1) is 4.91 Å². The number of carbonyl (C=O) groups is 1. The molecule has 0 fully saturated rings. The highest BCUT2D eigenvalue weighted by molar-refractivity contribution is 6.05. The van der Waals surface area contributed by atoms with Crippen molar-refractivity contribution >= 4 is 23.4 Å². The zero-order valence-electron chi connectivity index (χ0n) is 13.6. The van der Waals surface area contributed by atoms with E-state index in [9.17, 15) is 9.70 Å². The monoisotopic (exact) mass is 349 g/mol. The Bertz CT molecular complexity index is 917. The summed E-state index contributed by atoms with van der Waals surface area (Å²) in [6, 6.07) is 17.8. The van der Waals surface area contributed by atoms with E-state index in [1.54, 1.807) is 30.3 Å². The summed E-state index contributed by atoms with van der Waals surface area (Å²) < 4.78 is 5.55. The molecule has 0 aliphatic carbocycles. The van der Waals surface area contributed by atoms with Gasteiger partial charge in [-0.2, -0.15) is 9.97 Å². The minimum Gasteiger partial charge on any atom is -0.471 e. The number of hydrogen-bond donors (Lipinski definition) is 2. The molecule has 1 aromatic heterocycles. The first-order valence-electron chi connectivity index (χ1n) is 7.71. The first-order valence-corrected chi connectivity index (χ1v) is 7.71. The van der Waals surface area contributed by atoms with Crippen molar-refractivity contribution in [3.8, 4) is 5.88 Å². The first-order chi connectivity index (χ1) is 12.7. The molecule has 3 N–H and O–H groups in total. The Balaban J connectivity index is 1.85. The summed E-state index contributed by atoms with van der Waals surface area (Å²) >= 11 is 0. The lowest BCUT2D eigenvalue weighted by molar-refractivity contribution is 0.102. The Morgan fingerprint density at radius 1 is 1.04 bits per heavy atom. The SMILES string of the molecule is Nc1nc(NC(=O)c2ccccc2)c(N=O)c(OCc2ccccc2)n1. The van der Waals surface area contributed by atoms with Gasteiger partial charge in [0, 0.05) is 5.56 Å². The maximum absolute atomic E-state index is 12.3. The molecule has 0 spiro atoms. The van der Waals surface area contributed by atoms with E-state index < -0.39 is 5.91 Å². The number of rotatable bonds is 6. The van der Waals surface area contributed by atoms with E-state index in [1.165, 1.54) is 0 Å². The number of carbonyl (C=O) groups excluding carboxylic acids is 1. The summed E-state index contributed by atoms with van der Waals surface area (Å²) in [6.45, 7) is 0.159. The van der Waals surface area contributed by atoms with Gasteiger partial charge in [-0.3, -0.25) is 4.79 Å². The molecule has 1 amide bonds. The average Bonchev–Trinajstić information content (AvgIpc) is 2.67. The van der Waals surface area contributed by atoms with Crippen LogP contribution in [-0.2, 0) is 6.61 Å². The van der Waals surface area contributed by atoms with Crippen molar-refractivity contribution in [1.29, 1.82) is 0 Å². The lowest BCUT2D eigenvalue weighted by atomic mass is 10.2. The number of nitroso groups, excluding NO2 is 1. The Kier molecular flexibility index (Phi) is 5.14. The molecule has 0 radical (unpaired) electrons. The fourth-order valence-corrected chi connectivity index (χ4v) is 2.22. The second-order valence-electron chi connectivity index (χ2n) is 5.27. The van der Waals surface area contributed by atoms with E-state index >= 15 is 0 Å². The Hall–Kier alpha value is -3.81. The summed E-state index contributed by atoms with van der Waals surface area (Å²) in [6.07, 6.45) is 0. The molecule has 8 heteroatoms. The summed E-state index contributed by atoms with van der Waals surface area (Å²) in [5, 5.41) is 5.41. The van der Waals surface area contributed by atoms with Crippen LogP contribution in [0.5, 0.6) is 5.88 Å². The molecular formula is C18H15N5O3. The lowest BCUT2D eigenvalue weighted by Gasteiger charge is -2.11. The quantitative estimate of drug-likeness (QED) is 0.659. The summed E-state index contributed by atoms with van der Waals surface area (Å²) in [7, 11) is 0. The van der Waals surface area contributed by atoms with Crippen molar-refractivity contribution in [2.75, 3.05) is 11.1 Å². The smallest absolute Gasteiger partial charge is 0.256 e. The van der Waals surface area contributed by atoms with Gasteiger partial charge >= 0.3 is 0 Å². The van der Waals surface area contributed by atoms with Crippen molar-refractivity contribution in [3.63, 3.8) is 0 Å². The van der Waals surface area contributed by atoms with Gasteiger partial charge in [0.15, 0.2) is 5.82 Å². The number of nitrogens with zero attached hydrogens (tertiary/aromatic N) is 3. The zero-order chi connectivity index (χ0) is 18.4. The van der Waals surface area contributed by atoms with E-state index in [1.807, 2.05) is 30.3 Å². The van der Waals surface area contributed by atoms with E-state index in [4.69, 9.17) is 10.5 Å². The van der Waals surface area contributed by atoms with Gasteiger partial charge in [0.1, 0.15) is 6.61 Å². The summed E-state index contributed by atoms with van der Waals surface area (Å²) in [4.78, 5) is 31.4. The summed E-state index contributed by atoms with van der Waals surface area (Å²) in [5.74, 6) is -0.810. The van der Waals surface area contributed by atoms with Gasteiger partial charge in [0.2, 0.25) is 11.6 Å². The number of amides is 1. The number of nitrogens with one attached hydrogen (secondary N) is 1. The first kappa shape index (κ1) is 17.0. The molecule has 3 rings (SSSR count). The molecule has 0 unspecified atom stereocenters. The third-order valence-electron chi connectivity index (χ3n) is 3.45. The number of benzene rings is 2. The average molecular weight is 349 g/mol. The minimum atomic E-state index is -0.456. The highest BCUT2D eigenvalue weighted by Gasteiger charge is 2.19. The highest BCUT2D eigenvalue weighted by Crippen LogP contribution is 2.33. The molecule has 130 valence electrons. The molecule has 2 aromatic carbocycles. The van der Waals surface area contributed by atoms with Gasteiger partial charge in [0.25, 0.3) is 11.8 Å². The number of nitrogen functional groups attached to an aromatic ring is 1. The lowest BCUT2D eigenvalue weighted by Crippen LogP contribution is -2.14. The molecule has 26 heavy (non-hydrogen) atoms. The number of ether oxygens (including phenoxy) is 1. The van der Waals surface area contributed by atoms with Crippen LogP contribution in [0.1, 0.15) is 15.9 Å². The molecule has 0 atom stereocenters. The second-order valence-corrected chi connectivity index (χ2v) is 5.27. The normalized spacial score (nSPS) is 10.2. The predicted molar refractivity (Wildman–Crippen MR) is 97.1 cm³/mol. The van der Waals surface area contributed by atoms with Gasteiger partial charge in [0.05, 0.1) is 0 Å². The predicted octanol–water partition coefficient (Wildman–Crippen LogP) is 3.29. The second kappa shape index (κ2) is 7.84. The van der Waals surface area contributed by atoms with Crippen molar-refractivity contribution in [3.05, 3.63) is 76.7 Å². The molecule has 0 saturated heterocycles. The maximum atomic E-state index is 12.3. The third-order valence-corrected chi connectivity index (χ3v) is 3.45. The molecule has 0 bridgehead atoms. The molecular weight excluding hydrogens is 334 g/mol. The Morgan fingerprint density at radius 3 is 2.35 bits per heavy atom. The largest absolute Gasteiger partial charge is 0.471 e. The van der Waals surface area contributed by atoms with E-state index in [0.717, 1.165) is 5.56 Å². The topological polar surface area (TPSA) is 120 Å². The van der Waals surface area contributed by atoms with Gasteiger partial charge in [-0.05, 0) is 22.9 Å². The van der Waals surface area contributed by atoms with E-state index in [2.05, 4.69) is 20.5 Å². The van der Waals surface area contributed by atoms with E-state index in [-0.39, 0.29) is 29.9 Å². The Morgan fingerprint density at radius 2 is 1.69 bits per heavy atom. The number of nitrogens with two attached hydrogens (primary N) is 1. The number of anilines is 2. The van der Waals surface area contributed by atoms with E-state index in [0.29, 0.717) is 5.56 Å². The molecule has 8 nitrogen and oxygen atoms in total.